The van der Waals surface area contributed by atoms with Gasteiger partial charge in [-0.3, -0.25) is 10.1 Å². The van der Waals surface area contributed by atoms with E-state index in [2.05, 4.69) is 27.4 Å². The van der Waals surface area contributed by atoms with Gasteiger partial charge in [0, 0.05) is 12.4 Å². The Kier molecular flexibility index (Phi) is 4.59. The number of unbranched alkanes of at least 4 members (excludes halogenated alkanes) is 1. The number of nitrogens with one attached hydrogen (secondary N) is 1. The summed E-state index contributed by atoms with van der Waals surface area (Å²) >= 11 is 2.69. The van der Waals surface area contributed by atoms with Crippen LogP contribution in [0.2, 0.25) is 0 Å². The van der Waals surface area contributed by atoms with Crippen LogP contribution in [0.25, 0.3) is 5.13 Å². The van der Waals surface area contributed by atoms with E-state index in [-0.39, 0.29) is 5.91 Å². The molecule has 8 heteroatoms. The number of amides is 1. The monoisotopic (exact) mass is 333 g/mol. The molecule has 3 rings (SSSR count). The summed E-state index contributed by atoms with van der Waals surface area (Å²) in [5.41, 5.74) is 2.43. The van der Waals surface area contributed by atoms with E-state index in [0.29, 0.717) is 10.0 Å². The maximum Gasteiger partial charge on any atom is 0.269 e. The second-order valence-electron chi connectivity index (χ2n) is 4.66. The minimum absolute atomic E-state index is 0.168. The topological polar surface area (TPSA) is 72.7 Å². The zero-order valence-electron chi connectivity index (χ0n) is 12.0. The number of hydrogen-bond donors (Lipinski definition) is 1. The summed E-state index contributed by atoms with van der Waals surface area (Å²) in [6.07, 6.45) is 6.72. The number of carbonyl (C=O) groups excluding carboxylic acids is 1. The molecule has 0 spiro atoms. The first-order valence-electron chi connectivity index (χ1n) is 6.98. The van der Waals surface area contributed by atoms with E-state index in [0.717, 1.165) is 30.1 Å². The lowest BCUT2D eigenvalue weighted by atomic mass is 10.2. The van der Waals surface area contributed by atoms with Crippen molar-refractivity contribution in [2.45, 2.75) is 26.2 Å². The normalized spacial score (nSPS) is 10.8. The van der Waals surface area contributed by atoms with Gasteiger partial charge in [-0.15, -0.1) is 10.2 Å². The largest absolute Gasteiger partial charge is 0.300 e. The SMILES string of the molecule is CCCCc1nc(-n2cccc2)sc1C(=O)Nc1nncs1. The van der Waals surface area contributed by atoms with Gasteiger partial charge in [0.2, 0.25) is 5.13 Å². The standard InChI is InChI=1S/C14H15N5OS2/c1-2-3-6-10-11(12(20)17-13-18-15-9-21-13)22-14(16-10)19-7-4-5-8-19/h4-5,7-9H,2-3,6H2,1H3,(H,17,18,20). The van der Waals surface area contributed by atoms with Gasteiger partial charge in [-0.1, -0.05) is 36.0 Å². The lowest BCUT2D eigenvalue weighted by Gasteiger charge is -2.00. The van der Waals surface area contributed by atoms with Crippen LogP contribution in [0.15, 0.2) is 30.0 Å². The van der Waals surface area contributed by atoms with Crippen molar-refractivity contribution in [1.82, 2.24) is 19.7 Å². The molecule has 0 saturated heterocycles. The fraction of sp³-hybridized carbons (Fsp3) is 0.286. The Morgan fingerprint density at radius 1 is 1.36 bits per heavy atom. The van der Waals surface area contributed by atoms with Gasteiger partial charge in [-0.25, -0.2) is 4.98 Å². The third kappa shape index (κ3) is 3.23. The van der Waals surface area contributed by atoms with Crippen molar-refractivity contribution in [3.63, 3.8) is 0 Å². The average molecular weight is 333 g/mol. The molecule has 0 bridgehead atoms. The quantitative estimate of drug-likeness (QED) is 0.750. The molecule has 3 aromatic heterocycles. The van der Waals surface area contributed by atoms with Crippen LogP contribution in [0.1, 0.15) is 35.1 Å². The summed E-state index contributed by atoms with van der Waals surface area (Å²) in [7, 11) is 0. The smallest absolute Gasteiger partial charge is 0.269 e. The third-order valence-corrected chi connectivity index (χ3v) is 4.78. The molecule has 0 aromatic carbocycles. The fourth-order valence-corrected chi connectivity index (χ4v) is 3.40. The van der Waals surface area contributed by atoms with Gasteiger partial charge < -0.3 is 4.57 Å². The van der Waals surface area contributed by atoms with Gasteiger partial charge in [0.05, 0.1) is 5.69 Å². The molecule has 0 aliphatic heterocycles. The van der Waals surface area contributed by atoms with E-state index >= 15 is 0 Å². The molecule has 0 unspecified atom stereocenters. The molecule has 22 heavy (non-hydrogen) atoms. The van der Waals surface area contributed by atoms with Crippen LogP contribution in [0, 0.1) is 0 Å². The van der Waals surface area contributed by atoms with Crippen molar-refractivity contribution in [3.05, 3.63) is 40.6 Å². The van der Waals surface area contributed by atoms with Gasteiger partial charge in [-0.05, 0) is 25.0 Å². The third-order valence-electron chi connectivity index (χ3n) is 3.07. The molecule has 114 valence electrons. The summed E-state index contributed by atoms with van der Waals surface area (Å²) in [5, 5.41) is 11.7. The van der Waals surface area contributed by atoms with Crippen molar-refractivity contribution >= 4 is 33.7 Å². The Labute approximate surface area is 135 Å². The molecule has 0 aliphatic carbocycles. The van der Waals surface area contributed by atoms with Gasteiger partial charge >= 0.3 is 0 Å². The van der Waals surface area contributed by atoms with Gasteiger partial charge in [0.1, 0.15) is 10.4 Å². The molecule has 0 radical (unpaired) electrons. The predicted molar refractivity (Wildman–Crippen MR) is 87.9 cm³/mol. The summed E-state index contributed by atoms with van der Waals surface area (Å²) in [6, 6.07) is 3.88. The lowest BCUT2D eigenvalue weighted by molar-refractivity contribution is 0.102. The highest BCUT2D eigenvalue weighted by Gasteiger charge is 2.19. The van der Waals surface area contributed by atoms with Crippen LogP contribution >= 0.6 is 22.7 Å². The highest BCUT2D eigenvalue weighted by atomic mass is 32.1. The highest BCUT2D eigenvalue weighted by molar-refractivity contribution is 7.16. The van der Waals surface area contributed by atoms with Crippen molar-refractivity contribution in [1.29, 1.82) is 0 Å². The van der Waals surface area contributed by atoms with Crippen LogP contribution in [-0.4, -0.2) is 25.7 Å². The molecule has 0 saturated carbocycles. The van der Waals surface area contributed by atoms with Gasteiger partial charge in [0.15, 0.2) is 5.13 Å². The van der Waals surface area contributed by atoms with Crippen LogP contribution in [0.3, 0.4) is 0 Å². The van der Waals surface area contributed by atoms with Gasteiger partial charge in [-0.2, -0.15) is 0 Å². The molecule has 0 fully saturated rings. The molecule has 1 amide bonds. The van der Waals surface area contributed by atoms with E-state index < -0.39 is 0 Å². The van der Waals surface area contributed by atoms with Crippen molar-refractivity contribution in [2.75, 3.05) is 5.32 Å². The molecule has 0 atom stereocenters. The maximum atomic E-state index is 12.5. The minimum atomic E-state index is -0.168. The highest BCUT2D eigenvalue weighted by Crippen LogP contribution is 2.25. The molecular weight excluding hydrogens is 318 g/mol. The summed E-state index contributed by atoms with van der Waals surface area (Å²) in [5.74, 6) is -0.168. The van der Waals surface area contributed by atoms with E-state index in [1.54, 1.807) is 5.51 Å². The summed E-state index contributed by atoms with van der Waals surface area (Å²) in [6.45, 7) is 2.13. The number of nitrogens with zero attached hydrogens (tertiary/aromatic N) is 4. The van der Waals surface area contributed by atoms with E-state index in [4.69, 9.17) is 0 Å². The fourth-order valence-electron chi connectivity index (χ4n) is 1.98. The summed E-state index contributed by atoms with van der Waals surface area (Å²) in [4.78, 5) is 17.7. The Bertz CT molecular complexity index is 733. The average Bonchev–Trinajstić information content (AvgIpc) is 3.25. The van der Waals surface area contributed by atoms with Gasteiger partial charge in [0.25, 0.3) is 5.91 Å². The Hall–Kier alpha value is -2.06. The predicted octanol–water partition coefficient (Wildman–Crippen LogP) is 3.38. The zero-order valence-corrected chi connectivity index (χ0v) is 13.7. The zero-order chi connectivity index (χ0) is 15.4. The number of aryl methyl sites for hydroxylation is 1. The molecular formula is C14H15N5OS2. The van der Waals surface area contributed by atoms with E-state index in [1.165, 1.54) is 22.7 Å². The number of rotatable bonds is 6. The molecule has 1 N–H and O–H groups in total. The minimum Gasteiger partial charge on any atom is -0.300 e. The number of anilines is 1. The lowest BCUT2D eigenvalue weighted by Crippen LogP contribution is -2.12. The van der Waals surface area contributed by atoms with E-state index in [9.17, 15) is 4.79 Å². The first kappa shape index (κ1) is 14.9. The second-order valence-corrected chi connectivity index (χ2v) is 6.47. The van der Waals surface area contributed by atoms with Crippen molar-refractivity contribution < 1.29 is 4.79 Å². The van der Waals surface area contributed by atoms with E-state index in [1.807, 2.05) is 29.1 Å². The van der Waals surface area contributed by atoms with Crippen LogP contribution in [0.4, 0.5) is 5.13 Å². The van der Waals surface area contributed by atoms with Crippen LogP contribution < -0.4 is 5.32 Å². The number of carbonyl (C=O) groups is 1. The van der Waals surface area contributed by atoms with Crippen molar-refractivity contribution in [3.8, 4) is 5.13 Å². The number of thiazole rings is 1. The maximum absolute atomic E-state index is 12.5. The Morgan fingerprint density at radius 2 is 2.18 bits per heavy atom. The molecule has 0 aliphatic rings. The second kappa shape index (κ2) is 6.80. The first-order chi connectivity index (χ1) is 10.8. The number of aromatic nitrogens is 4. The first-order valence-corrected chi connectivity index (χ1v) is 8.68. The Morgan fingerprint density at radius 3 is 2.86 bits per heavy atom. The molecule has 3 heterocycles. The van der Waals surface area contributed by atoms with Crippen LogP contribution in [-0.2, 0) is 6.42 Å². The van der Waals surface area contributed by atoms with Crippen molar-refractivity contribution in [2.24, 2.45) is 0 Å². The summed E-state index contributed by atoms with van der Waals surface area (Å²) < 4.78 is 1.92. The number of hydrogen-bond acceptors (Lipinski definition) is 6. The molecule has 6 nitrogen and oxygen atoms in total. The molecule has 3 aromatic rings. The Balaban J connectivity index is 1.88. The van der Waals surface area contributed by atoms with Crippen LogP contribution in [0.5, 0.6) is 0 Å².